The first kappa shape index (κ1) is 24.2. The molecule has 0 heterocycles. The van der Waals surface area contributed by atoms with E-state index in [0.717, 1.165) is 0 Å². The van der Waals surface area contributed by atoms with Crippen LogP contribution in [0.3, 0.4) is 0 Å². The van der Waals surface area contributed by atoms with Crippen LogP contribution in [0.4, 0.5) is 0 Å². The van der Waals surface area contributed by atoms with Gasteiger partial charge in [-0.15, -0.1) is 21.9 Å². The summed E-state index contributed by atoms with van der Waals surface area (Å²) in [5.74, 6) is 0. The first-order valence-corrected chi connectivity index (χ1v) is 11.6. The normalized spacial score (nSPS) is 11.0. The lowest BCUT2D eigenvalue weighted by atomic mass is 9.55. The van der Waals surface area contributed by atoms with Gasteiger partial charge in [0.05, 0.1) is 0 Å². The molecular weight excluding hydrogens is 357 g/mol. The summed E-state index contributed by atoms with van der Waals surface area (Å²) in [5, 5.41) is 0. The molecule has 0 bridgehead atoms. The van der Waals surface area contributed by atoms with E-state index >= 15 is 0 Å². The van der Waals surface area contributed by atoms with Crippen LogP contribution in [-0.2, 0) is 0 Å². The van der Waals surface area contributed by atoms with Crippen LogP contribution in [0.1, 0.15) is 0 Å². The van der Waals surface area contributed by atoms with E-state index in [9.17, 15) is 0 Å². The average molecular weight is 384 g/mol. The van der Waals surface area contributed by atoms with Gasteiger partial charge in [0.1, 0.15) is 102 Å². The van der Waals surface area contributed by atoms with E-state index in [2.05, 4.69) is 108 Å². The molecule has 0 aliphatic rings. The fraction of sp³-hybridized carbons (Fsp3) is 0. The molecule has 0 amide bonds. The van der Waals surface area contributed by atoms with Gasteiger partial charge in [-0.2, -0.15) is 0 Å². The number of benzene rings is 3. The van der Waals surface area contributed by atoms with Crippen LogP contribution < -0.4 is 71.0 Å². The van der Waals surface area contributed by atoms with Gasteiger partial charge in [0, 0.05) is 0 Å². The molecule has 3 rings (SSSR count). The highest BCUT2D eigenvalue weighted by atomic mass is 14.2. The van der Waals surface area contributed by atoms with Gasteiger partial charge >= 0.3 is 0 Å². The van der Waals surface area contributed by atoms with E-state index in [1.165, 1.54) is 93.3 Å². The maximum Gasteiger partial charge on any atom is 0.140 e. The minimum absolute atomic E-state index is 1.38. The van der Waals surface area contributed by atoms with Crippen molar-refractivity contribution in [1.29, 1.82) is 0 Å². The molecule has 0 aliphatic heterocycles. The second kappa shape index (κ2) is 8.45. The zero-order valence-electron chi connectivity index (χ0n) is 22.1. The van der Waals surface area contributed by atoms with Crippen molar-refractivity contribution in [3.63, 3.8) is 0 Å². The summed E-state index contributed by atoms with van der Waals surface area (Å²) in [6.07, 6.45) is 0. The third-order valence-electron chi connectivity index (χ3n) is 8.49. The number of rotatable bonds is 2. The Morgan fingerprint density at radius 2 is 0.484 bits per heavy atom. The molecule has 0 saturated heterocycles. The third-order valence-corrected chi connectivity index (χ3v) is 8.49. The Morgan fingerprint density at radius 1 is 0.258 bits per heavy atom. The fourth-order valence-corrected chi connectivity index (χ4v) is 5.56. The second-order valence-electron chi connectivity index (χ2n) is 9.89. The van der Waals surface area contributed by atoms with Crippen LogP contribution in [0, 0.1) is 0 Å². The van der Waals surface area contributed by atoms with Crippen molar-refractivity contribution < 1.29 is 0 Å². The smallest absolute Gasteiger partial charge is 0.102 e. The highest BCUT2D eigenvalue weighted by Gasteiger charge is 2.22. The summed E-state index contributed by atoms with van der Waals surface area (Å²) in [6, 6.07) is 2.34. The van der Waals surface area contributed by atoms with Crippen LogP contribution in [0.2, 0.25) is 0 Å². The van der Waals surface area contributed by atoms with Gasteiger partial charge in [0.15, 0.2) is 0 Å². The Morgan fingerprint density at radius 3 is 0.839 bits per heavy atom. The molecule has 0 unspecified atom stereocenters. The zero-order chi connectivity index (χ0) is 23.5. The van der Waals surface area contributed by atoms with E-state index < -0.39 is 0 Å². The third kappa shape index (κ3) is 3.61. The highest BCUT2D eigenvalue weighted by Crippen LogP contribution is 2.14. The maximum absolute atomic E-state index is 2.35. The van der Waals surface area contributed by atoms with Gasteiger partial charge in [-0.25, -0.2) is 0 Å². The van der Waals surface area contributed by atoms with E-state index in [-0.39, 0.29) is 0 Å². The molecule has 0 aliphatic carbocycles. The monoisotopic (exact) mass is 386 g/mol. The molecule has 138 valence electrons. The molecular formula is C18H27B13. The Kier molecular flexibility index (Phi) is 6.59. The highest BCUT2D eigenvalue weighted by molar-refractivity contribution is 6.71. The summed E-state index contributed by atoms with van der Waals surface area (Å²) in [6.45, 7) is 0. The van der Waals surface area contributed by atoms with Crippen molar-refractivity contribution in [2.75, 3.05) is 0 Å². The lowest BCUT2D eigenvalue weighted by Crippen LogP contribution is -2.57. The van der Waals surface area contributed by atoms with Gasteiger partial charge in [-0.05, 0) is 22.3 Å². The van der Waals surface area contributed by atoms with Crippen molar-refractivity contribution in [2.24, 2.45) is 0 Å². The molecule has 31 heavy (non-hydrogen) atoms. The lowest BCUT2D eigenvalue weighted by Gasteiger charge is -2.29. The second-order valence-corrected chi connectivity index (χ2v) is 9.89. The van der Waals surface area contributed by atoms with Crippen LogP contribution in [0.5, 0.6) is 0 Å². The molecule has 0 aromatic heterocycles. The van der Waals surface area contributed by atoms with Crippen molar-refractivity contribution >= 4 is 173 Å². The Balaban J connectivity index is 2.58. The molecule has 0 N–H and O–H groups in total. The summed E-state index contributed by atoms with van der Waals surface area (Å²) >= 11 is 0. The Hall–Kier alpha value is -1.50. The van der Waals surface area contributed by atoms with Crippen LogP contribution in [0.15, 0.2) is 6.07 Å². The predicted molar refractivity (Wildman–Crippen MR) is 184 cm³/mol. The first-order valence-electron chi connectivity index (χ1n) is 11.6. The van der Waals surface area contributed by atoms with Gasteiger partial charge in [-0.1, -0.05) is 55.2 Å². The molecule has 0 atom stereocenters. The zero-order valence-corrected chi connectivity index (χ0v) is 22.1. The minimum Gasteiger partial charge on any atom is -0.102 e. The lowest BCUT2D eigenvalue weighted by molar-refractivity contribution is 1.82. The standard InChI is InChI=1S/C18H27B13/c19-2-1-3(20)9(22)4(8(2)21)5-10(23)6(12(25)15(28)11(5)24)7-13(26)16(29)18(31)17(30)14(7)27/h1H,19-31H2. The molecule has 0 spiro atoms. The largest absolute Gasteiger partial charge is 0.140 e. The Bertz CT molecular complexity index is 1210. The van der Waals surface area contributed by atoms with Crippen molar-refractivity contribution in [3.05, 3.63) is 6.07 Å². The van der Waals surface area contributed by atoms with Crippen molar-refractivity contribution in [3.8, 4) is 22.3 Å². The molecule has 3 aromatic carbocycles. The van der Waals surface area contributed by atoms with E-state index in [4.69, 9.17) is 0 Å². The Labute approximate surface area is 201 Å². The number of hydrogen-bond donors (Lipinski definition) is 0. The van der Waals surface area contributed by atoms with Gasteiger partial charge in [0.2, 0.25) is 0 Å². The minimum atomic E-state index is 1.38. The summed E-state index contributed by atoms with van der Waals surface area (Å²) < 4.78 is 0. The molecule has 0 fully saturated rings. The quantitative estimate of drug-likeness (QED) is 0.386. The summed E-state index contributed by atoms with van der Waals surface area (Å²) in [5.41, 5.74) is 24.2. The van der Waals surface area contributed by atoms with Crippen LogP contribution in [0.25, 0.3) is 22.3 Å². The van der Waals surface area contributed by atoms with Crippen molar-refractivity contribution in [2.45, 2.75) is 0 Å². The summed E-state index contributed by atoms with van der Waals surface area (Å²) in [4.78, 5) is 0. The average Bonchev–Trinajstić information content (AvgIpc) is 2.72. The predicted octanol–water partition coefficient (Wildman–Crippen LogP) is -17.6. The fourth-order valence-electron chi connectivity index (χ4n) is 5.56. The van der Waals surface area contributed by atoms with E-state index in [1.54, 1.807) is 0 Å². The van der Waals surface area contributed by atoms with Crippen LogP contribution in [-0.4, -0.2) is 102 Å². The first-order chi connectivity index (χ1) is 14.3. The topological polar surface area (TPSA) is 0 Å². The molecule has 0 radical (unpaired) electrons. The van der Waals surface area contributed by atoms with Gasteiger partial charge in [0.25, 0.3) is 0 Å². The van der Waals surface area contributed by atoms with Gasteiger partial charge < -0.3 is 0 Å². The van der Waals surface area contributed by atoms with Crippen molar-refractivity contribution in [1.82, 2.24) is 0 Å². The van der Waals surface area contributed by atoms with E-state index in [1.807, 2.05) is 0 Å². The SMILES string of the molecule is Bc1cc(B)c(B)c(-c2c(B)c(B)c(B)c(-c3c(B)c(B)c(B)c(B)c3B)c2B)c1B. The molecule has 0 nitrogen and oxygen atoms in total. The van der Waals surface area contributed by atoms with E-state index in [0.29, 0.717) is 0 Å². The molecule has 3 aromatic rings. The molecule has 0 saturated carbocycles. The maximum atomic E-state index is 2.35. The summed E-state index contributed by atoms with van der Waals surface area (Å²) in [7, 11) is 29.8. The molecule has 13 heteroatoms. The number of hydrogen-bond acceptors (Lipinski definition) is 0. The van der Waals surface area contributed by atoms with Crippen LogP contribution >= 0.6 is 0 Å². The van der Waals surface area contributed by atoms with Gasteiger partial charge in [-0.3, -0.25) is 0 Å².